The fourth-order valence-corrected chi connectivity index (χ4v) is 2.81. The Hall–Kier alpha value is -0.570. The van der Waals surface area contributed by atoms with Crippen LogP contribution in [0.3, 0.4) is 0 Å². The van der Waals surface area contributed by atoms with E-state index in [0.29, 0.717) is 0 Å². The number of hydrogen-bond acceptors (Lipinski definition) is 2. The number of benzene rings is 1. The predicted molar refractivity (Wildman–Crippen MR) is 78.4 cm³/mol. The van der Waals surface area contributed by atoms with Crippen molar-refractivity contribution in [2.75, 3.05) is 32.7 Å². The van der Waals surface area contributed by atoms with Crippen molar-refractivity contribution in [2.24, 2.45) is 0 Å². The highest BCUT2D eigenvalue weighted by Crippen LogP contribution is 2.26. The molecule has 0 amide bonds. The van der Waals surface area contributed by atoms with E-state index in [4.69, 9.17) is 11.6 Å². The number of halogens is 1. The van der Waals surface area contributed by atoms with E-state index < -0.39 is 0 Å². The third-order valence-electron chi connectivity index (χ3n) is 3.66. The molecule has 0 spiro atoms. The van der Waals surface area contributed by atoms with Crippen molar-refractivity contribution in [3.63, 3.8) is 0 Å². The fourth-order valence-electron chi connectivity index (χ4n) is 2.62. The zero-order chi connectivity index (χ0) is 13.0. The lowest BCUT2D eigenvalue weighted by molar-refractivity contribution is 0.237. The van der Waals surface area contributed by atoms with E-state index >= 15 is 0 Å². The molecule has 1 aliphatic heterocycles. The Labute approximate surface area is 115 Å². The summed E-state index contributed by atoms with van der Waals surface area (Å²) in [6.45, 7) is 10.3. The van der Waals surface area contributed by atoms with Crippen LogP contribution in [0.4, 0.5) is 0 Å². The molecule has 1 aromatic rings. The Morgan fingerprint density at radius 1 is 1.28 bits per heavy atom. The van der Waals surface area contributed by atoms with Gasteiger partial charge in [-0.15, -0.1) is 0 Å². The second-order valence-electron chi connectivity index (χ2n) is 5.77. The average Bonchev–Trinajstić information content (AvgIpc) is 2.57. The monoisotopic (exact) mass is 266 g/mol. The number of hydrogen-bond donors (Lipinski definition) is 1. The van der Waals surface area contributed by atoms with Crippen molar-refractivity contribution in [1.29, 1.82) is 0 Å². The van der Waals surface area contributed by atoms with Crippen molar-refractivity contribution in [2.45, 2.75) is 25.7 Å². The van der Waals surface area contributed by atoms with Gasteiger partial charge in [0.05, 0.1) is 0 Å². The van der Waals surface area contributed by atoms with Crippen LogP contribution >= 0.6 is 11.6 Å². The number of nitrogens with one attached hydrogen (secondary N) is 1. The van der Waals surface area contributed by atoms with Crippen LogP contribution in [-0.2, 0) is 5.41 Å². The Morgan fingerprint density at radius 3 is 2.89 bits per heavy atom. The van der Waals surface area contributed by atoms with Crippen LogP contribution in [0.5, 0.6) is 0 Å². The molecular formula is C15H23ClN2. The van der Waals surface area contributed by atoms with Gasteiger partial charge in [-0.25, -0.2) is 0 Å². The lowest BCUT2D eigenvalue weighted by Gasteiger charge is -2.32. The second kappa shape index (κ2) is 6.05. The summed E-state index contributed by atoms with van der Waals surface area (Å²) in [5.41, 5.74) is 1.47. The Balaban J connectivity index is 2.05. The molecule has 1 aromatic carbocycles. The number of nitrogens with zero attached hydrogens (tertiary/aromatic N) is 1. The van der Waals surface area contributed by atoms with Gasteiger partial charge < -0.3 is 10.2 Å². The Bertz CT molecular complexity index is 382. The van der Waals surface area contributed by atoms with Crippen molar-refractivity contribution < 1.29 is 0 Å². The molecule has 0 saturated carbocycles. The molecule has 1 N–H and O–H groups in total. The second-order valence-corrected chi connectivity index (χ2v) is 6.21. The van der Waals surface area contributed by atoms with Crippen molar-refractivity contribution in [3.05, 3.63) is 34.9 Å². The summed E-state index contributed by atoms with van der Waals surface area (Å²) in [7, 11) is 0. The van der Waals surface area contributed by atoms with Gasteiger partial charge >= 0.3 is 0 Å². The standard InChI is InChI=1S/C15H23ClN2/c1-15(2,13-5-3-6-14(16)11-13)12-18-9-4-7-17-8-10-18/h3,5-6,11,17H,4,7-10,12H2,1-2H3. The smallest absolute Gasteiger partial charge is 0.0408 e. The van der Waals surface area contributed by atoms with Gasteiger partial charge in [0.25, 0.3) is 0 Å². The van der Waals surface area contributed by atoms with Crippen LogP contribution in [0.1, 0.15) is 25.8 Å². The summed E-state index contributed by atoms with van der Waals surface area (Å²) in [5, 5.41) is 4.28. The van der Waals surface area contributed by atoms with Gasteiger partial charge in [-0.2, -0.15) is 0 Å². The SMILES string of the molecule is CC(C)(CN1CCCNCC1)c1cccc(Cl)c1. The van der Waals surface area contributed by atoms with E-state index in [2.05, 4.69) is 36.2 Å². The average molecular weight is 267 g/mol. The number of rotatable bonds is 3. The fraction of sp³-hybridized carbons (Fsp3) is 0.600. The third-order valence-corrected chi connectivity index (χ3v) is 3.89. The van der Waals surface area contributed by atoms with Gasteiger partial charge in [0.15, 0.2) is 0 Å². The highest BCUT2D eigenvalue weighted by molar-refractivity contribution is 6.30. The molecule has 0 aromatic heterocycles. The molecule has 0 radical (unpaired) electrons. The quantitative estimate of drug-likeness (QED) is 0.905. The molecule has 3 heteroatoms. The third kappa shape index (κ3) is 3.71. The van der Waals surface area contributed by atoms with Crippen molar-refractivity contribution >= 4 is 11.6 Å². The highest BCUT2D eigenvalue weighted by atomic mass is 35.5. The first-order chi connectivity index (χ1) is 8.58. The molecule has 1 heterocycles. The summed E-state index contributed by atoms with van der Waals surface area (Å²) >= 11 is 6.10. The Kier molecular flexibility index (Phi) is 4.66. The normalized spacial score (nSPS) is 18.6. The largest absolute Gasteiger partial charge is 0.315 e. The van der Waals surface area contributed by atoms with Crippen LogP contribution in [0.15, 0.2) is 24.3 Å². The summed E-state index contributed by atoms with van der Waals surface area (Å²) in [5.74, 6) is 0. The maximum atomic E-state index is 6.10. The molecule has 18 heavy (non-hydrogen) atoms. The molecule has 0 unspecified atom stereocenters. The zero-order valence-electron chi connectivity index (χ0n) is 11.4. The molecule has 2 rings (SSSR count). The Morgan fingerprint density at radius 2 is 2.11 bits per heavy atom. The molecule has 2 nitrogen and oxygen atoms in total. The molecule has 0 aliphatic carbocycles. The maximum Gasteiger partial charge on any atom is 0.0408 e. The van der Waals surface area contributed by atoms with Gasteiger partial charge in [-0.3, -0.25) is 0 Å². The van der Waals surface area contributed by atoms with E-state index in [1.165, 1.54) is 18.5 Å². The van der Waals surface area contributed by atoms with Gasteiger partial charge in [-0.05, 0) is 37.2 Å². The van der Waals surface area contributed by atoms with E-state index in [-0.39, 0.29) is 5.41 Å². The van der Waals surface area contributed by atoms with E-state index in [1.807, 2.05) is 12.1 Å². The van der Waals surface area contributed by atoms with Crippen LogP contribution < -0.4 is 5.32 Å². The molecule has 1 fully saturated rings. The van der Waals surface area contributed by atoms with Gasteiger partial charge in [0.1, 0.15) is 0 Å². The van der Waals surface area contributed by atoms with Crippen LogP contribution in [0, 0.1) is 0 Å². The zero-order valence-corrected chi connectivity index (χ0v) is 12.1. The first-order valence-corrected chi connectivity index (χ1v) is 7.15. The lowest BCUT2D eigenvalue weighted by atomic mass is 9.84. The highest BCUT2D eigenvalue weighted by Gasteiger charge is 2.24. The minimum Gasteiger partial charge on any atom is -0.315 e. The first kappa shape index (κ1) is 13.9. The molecular weight excluding hydrogens is 244 g/mol. The minimum atomic E-state index is 0.148. The lowest BCUT2D eigenvalue weighted by Crippen LogP contribution is -2.38. The van der Waals surface area contributed by atoms with Crippen molar-refractivity contribution in [1.82, 2.24) is 10.2 Å². The summed E-state index contributed by atoms with van der Waals surface area (Å²) < 4.78 is 0. The van der Waals surface area contributed by atoms with E-state index in [9.17, 15) is 0 Å². The summed E-state index contributed by atoms with van der Waals surface area (Å²) in [6.07, 6.45) is 1.24. The molecule has 100 valence electrons. The van der Waals surface area contributed by atoms with Crippen molar-refractivity contribution in [3.8, 4) is 0 Å². The van der Waals surface area contributed by atoms with Crippen LogP contribution in [-0.4, -0.2) is 37.6 Å². The summed E-state index contributed by atoms with van der Waals surface area (Å²) in [4.78, 5) is 2.56. The maximum absolute atomic E-state index is 6.10. The van der Waals surface area contributed by atoms with Gasteiger partial charge in [0.2, 0.25) is 0 Å². The molecule has 0 bridgehead atoms. The molecule has 1 aliphatic rings. The van der Waals surface area contributed by atoms with E-state index in [0.717, 1.165) is 31.2 Å². The predicted octanol–water partition coefficient (Wildman–Crippen LogP) is 2.91. The topological polar surface area (TPSA) is 15.3 Å². The molecule has 0 atom stereocenters. The van der Waals surface area contributed by atoms with Crippen LogP contribution in [0.25, 0.3) is 0 Å². The van der Waals surface area contributed by atoms with E-state index in [1.54, 1.807) is 0 Å². The summed E-state index contributed by atoms with van der Waals surface area (Å²) in [6, 6.07) is 8.26. The first-order valence-electron chi connectivity index (χ1n) is 6.77. The van der Waals surface area contributed by atoms with Gasteiger partial charge in [-0.1, -0.05) is 37.6 Å². The molecule has 1 saturated heterocycles. The minimum absolute atomic E-state index is 0.148. The van der Waals surface area contributed by atoms with Crippen LogP contribution in [0.2, 0.25) is 5.02 Å². The van der Waals surface area contributed by atoms with Gasteiger partial charge in [0, 0.05) is 30.1 Å².